The molecule has 2 aromatic rings. The quantitative estimate of drug-likeness (QED) is 0.618. The molecule has 1 aliphatic heterocycles. The lowest BCUT2D eigenvalue weighted by Gasteiger charge is -2.13. The van der Waals surface area contributed by atoms with Gasteiger partial charge < -0.3 is 5.11 Å². The van der Waals surface area contributed by atoms with Gasteiger partial charge in [0.2, 0.25) is 0 Å². The molecule has 1 N–H and O–H groups in total. The van der Waals surface area contributed by atoms with Crippen molar-refractivity contribution >= 4 is 40.6 Å². The van der Waals surface area contributed by atoms with Gasteiger partial charge in [-0.25, -0.2) is 14.2 Å². The van der Waals surface area contributed by atoms with E-state index < -0.39 is 11.8 Å². The van der Waals surface area contributed by atoms with Crippen molar-refractivity contribution in [2.45, 2.75) is 0 Å². The zero-order valence-electron chi connectivity index (χ0n) is 14.1. The Morgan fingerprint density at radius 2 is 2.04 bits per heavy atom. The van der Waals surface area contributed by atoms with Crippen molar-refractivity contribution in [3.05, 3.63) is 83.0 Å². The van der Waals surface area contributed by atoms with Crippen molar-refractivity contribution in [3.63, 3.8) is 0 Å². The van der Waals surface area contributed by atoms with Gasteiger partial charge in [-0.1, -0.05) is 30.3 Å². The topological polar surface area (TPSA) is 70.0 Å². The van der Waals surface area contributed by atoms with Crippen LogP contribution in [0.1, 0.15) is 15.9 Å². The number of hydrogen-bond acceptors (Lipinski definition) is 4. The summed E-state index contributed by atoms with van der Waals surface area (Å²) in [5.41, 5.74) is 0.845. The van der Waals surface area contributed by atoms with Gasteiger partial charge in [0, 0.05) is 6.54 Å². The molecule has 0 atom stereocenters. The fraction of sp³-hybridized carbons (Fsp3) is 0.0500. The van der Waals surface area contributed by atoms with E-state index in [-0.39, 0.29) is 23.7 Å². The van der Waals surface area contributed by atoms with Gasteiger partial charge in [0.05, 0.1) is 16.2 Å². The van der Waals surface area contributed by atoms with E-state index in [4.69, 9.17) is 0 Å². The minimum atomic E-state index is -1.10. The van der Waals surface area contributed by atoms with Crippen molar-refractivity contribution in [3.8, 4) is 0 Å². The number of carboxylic acid groups (broad SMARTS) is 1. The molecule has 0 spiro atoms. The predicted molar refractivity (Wildman–Crippen MR) is 104 cm³/mol. The number of thioether (sulfide) groups is 1. The minimum Gasteiger partial charge on any atom is -0.478 e. The molecule has 0 aromatic heterocycles. The number of aliphatic imine (C=N–C) groups is 1. The molecule has 27 heavy (non-hydrogen) atoms. The molecule has 0 radical (unpaired) electrons. The summed E-state index contributed by atoms with van der Waals surface area (Å²) in [4.78, 5) is 30.2. The summed E-state index contributed by atoms with van der Waals surface area (Å²) in [5, 5.41) is 9.66. The third-order valence-corrected chi connectivity index (χ3v) is 4.70. The van der Waals surface area contributed by atoms with Crippen LogP contribution >= 0.6 is 11.8 Å². The van der Waals surface area contributed by atoms with E-state index in [0.717, 1.165) is 11.8 Å². The Labute approximate surface area is 159 Å². The van der Waals surface area contributed by atoms with E-state index in [1.165, 1.54) is 23.1 Å². The lowest BCUT2D eigenvalue weighted by Crippen LogP contribution is -2.29. The van der Waals surface area contributed by atoms with Crippen LogP contribution in [-0.4, -0.2) is 33.6 Å². The molecular weight excluding hydrogens is 367 g/mol. The molecule has 1 fully saturated rings. The Kier molecular flexibility index (Phi) is 5.52. The van der Waals surface area contributed by atoms with Crippen molar-refractivity contribution in [2.75, 3.05) is 6.54 Å². The molecule has 1 aliphatic rings. The molecule has 7 heteroatoms. The summed E-state index contributed by atoms with van der Waals surface area (Å²) in [6.45, 7) is 3.87. The van der Waals surface area contributed by atoms with Crippen LogP contribution in [0.5, 0.6) is 0 Å². The number of carbonyl (C=O) groups is 2. The number of hydrogen-bond donors (Lipinski definition) is 1. The summed E-state index contributed by atoms with van der Waals surface area (Å²) in [7, 11) is 0. The molecule has 0 bridgehead atoms. The summed E-state index contributed by atoms with van der Waals surface area (Å²) in [6.07, 6.45) is 3.14. The average molecular weight is 382 g/mol. The summed E-state index contributed by atoms with van der Waals surface area (Å²) >= 11 is 1.11. The van der Waals surface area contributed by atoms with Crippen LogP contribution in [0.25, 0.3) is 6.08 Å². The average Bonchev–Trinajstić information content (AvgIpc) is 2.91. The van der Waals surface area contributed by atoms with Crippen LogP contribution in [0.3, 0.4) is 0 Å². The zero-order chi connectivity index (χ0) is 19.4. The largest absolute Gasteiger partial charge is 0.478 e. The lowest BCUT2D eigenvalue weighted by atomic mass is 10.2. The zero-order valence-corrected chi connectivity index (χ0v) is 14.9. The molecular formula is C20H15FN2O3S. The molecule has 1 amide bonds. The monoisotopic (exact) mass is 382 g/mol. The van der Waals surface area contributed by atoms with Gasteiger partial charge in [0.1, 0.15) is 5.82 Å². The van der Waals surface area contributed by atoms with Crippen LogP contribution in [0.4, 0.5) is 10.1 Å². The fourth-order valence-corrected chi connectivity index (χ4v) is 3.49. The number of nitrogens with zero attached hydrogens (tertiary/aromatic N) is 2. The van der Waals surface area contributed by atoms with Gasteiger partial charge >= 0.3 is 5.97 Å². The van der Waals surface area contributed by atoms with Gasteiger partial charge in [-0.2, -0.15) is 0 Å². The molecule has 0 unspecified atom stereocenters. The third-order valence-electron chi connectivity index (χ3n) is 3.70. The number of carboxylic acids is 1. The Hall–Kier alpha value is -3.19. The number of carbonyl (C=O) groups excluding carboxylic acids is 1. The van der Waals surface area contributed by atoms with E-state index >= 15 is 0 Å². The van der Waals surface area contributed by atoms with Gasteiger partial charge in [-0.3, -0.25) is 9.69 Å². The molecule has 3 rings (SSSR count). The third kappa shape index (κ3) is 4.15. The summed E-state index contributed by atoms with van der Waals surface area (Å²) in [6, 6.07) is 12.2. The number of amides is 1. The Bertz CT molecular complexity index is 985. The summed E-state index contributed by atoms with van der Waals surface area (Å²) in [5.74, 6) is -1.79. The first-order chi connectivity index (χ1) is 13.0. The van der Waals surface area contributed by atoms with Gasteiger partial charge in [-0.15, -0.1) is 6.58 Å². The molecule has 136 valence electrons. The maximum atomic E-state index is 13.4. The van der Waals surface area contributed by atoms with Gasteiger partial charge in [0.15, 0.2) is 5.17 Å². The second-order valence-electron chi connectivity index (χ2n) is 5.59. The number of benzene rings is 2. The highest BCUT2D eigenvalue weighted by molar-refractivity contribution is 8.18. The highest BCUT2D eigenvalue weighted by atomic mass is 32.2. The van der Waals surface area contributed by atoms with Crippen LogP contribution in [0.15, 0.2) is 71.1 Å². The Morgan fingerprint density at radius 3 is 2.74 bits per heavy atom. The molecule has 1 heterocycles. The lowest BCUT2D eigenvalue weighted by molar-refractivity contribution is -0.121. The molecule has 5 nitrogen and oxygen atoms in total. The molecule has 0 aliphatic carbocycles. The first-order valence-corrected chi connectivity index (χ1v) is 8.80. The summed E-state index contributed by atoms with van der Waals surface area (Å²) < 4.78 is 13.4. The highest BCUT2D eigenvalue weighted by Crippen LogP contribution is 2.34. The van der Waals surface area contributed by atoms with Gasteiger partial charge in [0.25, 0.3) is 5.91 Å². The van der Waals surface area contributed by atoms with Crippen LogP contribution in [0, 0.1) is 5.82 Å². The van der Waals surface area contributed by atoms with E-state index in [9.17, 15) is 19.1 Å². The minimum absolute atomic E-state index is 0.0409. The smallest absolute Gasteiger partial charge is 0.337 e. The van der Waals surface area contributed by atoms with E-state index in [2.05, 4.69) is 11.6 Å². The number of amidine groups is 1. The van der Waals surface area contributed by atoms with Crippen molar-refractivity contribution in [2.24, 2.45) is 4.99 Å². The maximum absolute atomic E-state index is 13.4. The standard InChI is InChI=1S/C20H15FN2O3S/c1-2-10-23-18(24)17(12-13-6-5-7-14(21)11-13)27-20(23)22-16-9-4-3-8-15(16)19(25)26/h2-9,11-12H,1,10H2,(H,25,26)/b17-12-,22-20?. The predicted octanol–water partition coefficient (Wildman–Crippen LogP) is 4.31. The maximum Gasteiger partial charge on any atom is 0.337 e. The van der Waals surface area contributed by atoms with E-state index in [1.807, 2.05) is 0 Å². The van der Waals surface area contributed by atoms with Crippen LogP contribution in [0.2, 0.25) is 0 Å². The van der Waals surface area contributed by atoms with Crippen molar-refractivity contribution < 1.29 is 19.1 Å². The SMILES string of the molecule is C=CCN1C(=O)/C(=C/c2cccc(F)c2)SC1=Nc1ccccc1C(=O)O. The molecule has 1 saturated heterocycles. The van der Waals surface area contributed by atoms with E-state index in [0.29, 0.717) is 15.6 Å². The second-order valence-corrected chi connectivity index (χ2v) is 6.60. The number of rotatable bonds is 5. The Balaban J connectivity index is 2.01. The number of aromatic carboxylic acids is 1. The van der Waals surface area contributed by atoms with Gasteiger partial charge in [-0.05, 0) is 47.7 Å². The number of para-hydroxylation sites is 1. The van der Waals surface area contributed by atoms with Crippen molar-refractivity contribution in [1.82, 2.24) is 4.90 Å². The van der Waals surface area contributed by atoms with Crippen molar-refractivity contribution in [1.29, 1.82) is 0 Å². The highest BCUT2D eigenvalue weighted by Gasteiger charge is 2.32. The normalized spacial score (nSPS) is 16.9. The van der Waals surface area contributed by atoms with E-state index in [1.54, 1.807) is 42.5 Å². The first kappa shape index (κ1) is 18.6. The molecule has 2 aromatic carbocycles. The van der Waals surface area contributed by atoms with Crippen LogP contribution < -0.4 is 0 Å². The number of halogens is 1. The van der Waals surface area contributed by atoms with Crippen LogP contribution in [-0.2, 0) is 4.79 Å². The Morgan fingerprint density at radius 1 is 1.26 bits per heavy atom. The first-order valence-electron chi connectivity index (χ1n) is 7.98. The second kappa shape index (κ2) is 8.01. The fourth-order valence-electron chi connectivity index (χ4n) is 2.48. The molecule has 0 saturated carbocycles.